The van der Waals surface area contributed by atoms with Crippen molar-refractivity contribution >= 4 is 6.09 Å². The summed E-state index contributed by atoms with van der Waals surface area (Å²) in [5.41, 5.74) is 2.72. The highest BCUT2D eigenvalue weighted by molar-refractivity contribution is 5.68. The molecule has 2 heterocycles. The van der Waals surface area contributed by atoms with E-state index in [0.29, 0.717) is 12.0 Å². The minimum absolute atomic E-state index is 0.00810. The number of carbonyl (C=O) groups excluding carboxylic acids is 1. The molecule has 0 bridgehead atoms. The molecule has 0 aromatic heterocycles. The highest BCUT2D eigenvalue weighted by Gasteiger charge is 2.35. The Bertz CT molecular complexity index is 232. The highest BCUT2D eigenvalue weighted by Crippen LogP contribution is 2.21. The Labute approximate surface area is 83.7 Å². The van der Waals surface area contributed by atoms with Crippen molar-refractivity contribution < 1.29 is 9.63 Å². The molecular formula is C9H17N3O2. The second-order valence-electron chi connectivity index (χ2n) is 4.27. The van der Waals surface area contributed by atoms with Crippen LogP contribution in [0.1, 0.15) is 20.3 Å². The Kier molecular flexibility index (Phi) is 2.60. The third-order valence-electron chi connectivity index (χ3n) is 3.01. The van der Waals surface area contributed by atoms with Crippen molar-refractivity contribution in [3.8, 4) is 0 Å². The van der Waals surface area contributed by atoms with Gasteiger partial charge in [-0.25, -0.2) is 4.79 Å². The van der Waals surface area contributed by atoms with Gasteiger partial charge in [0.2, 0.25) is 0 Å². The van der Waals surface area contributed by atoms with Gasteiger partial charge in [0.05, 0.1) is 0 Å². The summed E-state index contributed by atoms with van der Waals surface area (Å²) in [5, 5.41) is 2.76. The third kappa shape index (κ3) is 1.83. The largest absolute Gasteiger partial charge is 0.427 e. The average molecular weight is 199 g/mol. The smallest absolute Gasteiger partial charge is 0.352 e. The lowest BCUT2D eigenvalue weighted by molar-refractivity contribution is 0.110. The molecule has 0 radical (unpaired) electrons. The molecule has 2 fully saturated rings. The first-order valence-corrected chi connectivity index (χ1v) is 5.13. The summed E-state index contributed by atoms with van der Waals surface area (Å²) in [5.74, 6) is 0.462. The Morgan fingerprint density at radius 1 is 1.57 bits per heavy atom. The first kappa shape index (κ1) is 9.73. The zero-order valence-electron chi connectivity index (χ0n) is 8.62. The van der Waals surface area contributed by atoms with Crippen molar-refractivity contribution in [2.45, 2.75) is 32.5 Å². The summed E-state index contributed by atoms with van der Waals surface area (Å²) in [7, 11) is 0. The predicted octanol–water partition coefficient (Wildman–Crippen LogP) is 0.287. The number of hydrogen-bond donors (Lipinski definition) is 2. The van der Waals surface area contributed by atoms with Gasteiger partial charge >= 0.3 is 6.09 Å². The van der Waals surface area contributed by atoms with Crippen LogP contribution in [0, 0.1) is 5.92 Å². The van der Waals surface area contributed by atoms with E-state index in [2.05, 4.69) is 34.4 Å². The van der Waals surface area contributed by atoms with Gasteiger partial charge in [-0.15, -0.1) is 5.48 Å². The number of amides is 1. The van der Waals surface area contributed by atoms with E-state index in [9.17, 15) is 4.79 Å². The number of nitrogens with one attached hydrogen (secondary N) is 2. The normalized spacial score (nSPS) is 33.5. The molecule has 5 heteroatoms. The van der Waals surface area contributed by atoms with Crippen molar-refractivity contribution in [3.63, 3.8) is 0 Å². The number of hydroxylamine groups is 1. The lowest BCUT2D eigenvalue weighted by Crippen LogP contribution is -2.41. The molecule has 2 N–H and O–H groups in total. The first-order valence-electron chi connectivity index (χ1n) is 5.13. The second-order valence-corrected chi connectivity index (χ2v) is 4.27. The van der Waals surface area contributed by atoms with Gasteiger partial charge in [0.15, 0.2) is 0 Å². The van der Waals surface area contributed by atoms with Gasteiger partial charge in [0, 0.05) is 18.5 Å². The maximum absolute atomic E-state index is 10.8. The molecule has 2 saturated heterocycles. The molecule has 1 unspecified atom stereocenters. The number of rotatable bonds is 2. The van der Waals surface area contributed by atoms with E-state index in [4.69, 9.17) is 0 Å². The number of likely N-dealkylation sites (tertiary alicyclic amines) is 1. The molecule has 2 aliphatic rings. The van der Waals surface area contributed by atoms with Crippen LogP contribution in [0.5, 0.6) is 0 Å². The van der Waals surface area contributed by atoms with E-state index in [0.717, 1.165) is 19.5 Å². The summed E-state index contributed by atoms with van der Waals surface area (Å²) in [6, 6.07) is 0.582. The SMILES string of the molecule is CC(C)N1CC[C@@H](C2NOC(=O)N2)C1. The van der Waals surface area contributed by atoms with Crippen LogP contribution >= 0.6 is 0 Å². The molecule has 14 heavy (non-hydrogen) atoms. The fourth-order valence-electron chi connectivity index (χ4n) is 2.07. The van der Waals surface area contributed by atoms with E-state index >= 15 is 0 Å². The number of carbonyl (C=O) groups is 1. The molecule has 2 rings (SSSR count). The van der Waals surface area contributed by atoms with Gasteiger partial charge in [-0.2, -0.15) is 0 Å². The highest BCUT2D eigenvalue weighted by atomic mass is 16.7. The Morgan fingerprint density at radius 3 is 2.86 bits per heavy atom. The van der Waals surface area contributed by atoms with Crippen LogP contribution in [0.3, 0.4) is 0 Å². The van der Waals surface area contributed by atoms with Crippen LogP contribution in [0.4, 0.5) is 4.79 Å². The topological polar surface area (TPSA) is 53.6 Å². The van der Waals surface area contributed by atoms with Gasteiger partial charge < -0.3 is 15.1 Å². The van der Waals surface area contributed by atoms with Gasteiger partial charge in [0.1, 0.15) is 6.17 Å². The Hall–Kier alpha value is -0.810. The van der Waals surface area contributed by atoms with Crippen LogP contribution in [-0.2, 0) is 4.84 Å². The lowest BCUT2D eigenvalue weighted by atomic mass is 10.1. The monoisotopic (exact) mass is 199 g/mol. The number of hydrogen-bond acceptors (Lipinski definition) is 4. The molecule has 0 aliphatic carbocycles. The molecule has 0 aromatic carbocycles. The molecular weight excluding hydrogens is 182 g/mol. The maximum Gasteiger partial charge on any atom is 0.427 e. The fraction of sp³-hybridized carbons (Fsp3) is 0.889. The molecule has 5 nitrogen and oxygen atoms in total. The van der Waals surface area contributed by atoms with Crippen molar-refractivity contribution in [2.24, 2.45) is 5.92 Å². The molecule has 2 aliphatic heterocycles. The Morgan fingerprint density at radius 2 is 2.36 bits per heavy atom. The van der Waals surface area contributed by atoms with Crippen LogP contribution in [0.15, 0.2) is 0 Å². The zero-order valence-corrected chi connectivity index (χ0v) is 8.62. The van der Waals surface area contributed by atoms with Gasteiger partial charge in [-0.05, 0) is 26.8 Å². The van der Waals surface area contributed by atoms with Gasteiger partial charge in [-0.3, -0.25) is 0 Å². The molecule has 0 saturated carbocycles. The summed E-state index contributed by atoms with van der Waals surface area (Å²) >= 11 is 0. The summed E-state index contributed by atoms with van der Waals surface area (Å²) in [4.78, 5) is 17.9. The standard InChI is InChI=1S/C9H17N3O2/c1-6(2)12-4-3-7(5-12)8-10-9(13)14-11-8/h6-8,11H,3-5H2,1-2H3,(H,10,13)/t7-,8?/m1/s1. The van der Waals surface area contributed by atoms with E-state index < -0.39 is 0 Å². The molecule has 0 aromatic rings. The fourth-order valence-corrected chi connectivity index (χ4v) is 2.07. The summed E-state index contributed by atoms with van der Waals surface area (Å²) in [6.07, 6.45) is 0.740. The van der Waals surface area contributed by atoms with E-state index in [1.54, 1.807) is 0 Å². The number of nitrogens with zero attached hydrogens (tertiary/aromatic N) is 1. The second kappa shape index (κ2) is 3.74. The predicted molar refractivity (Wildman–Crippen MR) is 51.4 cm³/mol. The van der Waals surface area contributed by atoms with Crippen molar-refractivity contribution in [3.05, 3.63) is 0 Å². The quantitative estimate of drug-likeness (QED) is 0.671. The summed E-state index contributed by atoms with van der Waals surface area (Å²) < 4.78 is 0. The minimum atomic E-state index is -0.363. The first-order chi connectivity index (χ1) is 6.66. The maximum atomic E-state index is 10.8. The minimum Gasteiger partial charge on any atom is -0.352 e. The van der Waals surface area contributed by atoms with E-state index in [1.165, 1.54) is 0 Å². The van der Waals surface area contributed by atoms with Gasteiger partial charge in [0.25, 0.3) is 0 Å². The van der Waals surface area contributed by atoms with Crippen molar-refractivity contribution in [1.82, 2.24) is 15.7 Å². The summed E-state index contributed by atoms with van der Waals surface area (Å²) in [6.45, 7) is 6.52. The van der Waals surface area contributed by atoms with Crippen LogP contribution in [0.25, 0.3) is 0 Å². The van der Waals surface area contributed by atoms with Crippen LogP contribution in [0.2, 0.25) is 0 Å². The molecule has 80 valence electrons. The average Bonchev–Trinajstić information content (AvgIpc) is 2.70. The van der Waals surface area contributed by atoms with Gasteiger partial charge in [-0.1, -0.05) is 0 Å². The molecule has 0 spiro atoms. The van der Waals surface area contributed by atoms with E-state index in [1.807, 2.05) is 0 Å². The van der Waals surface area contributed by atoms with E-state index in [-0.39, 0.29) is 12.3 Å². The zero-order chi connectivity index (χ0) is 10.1. The molecule has 1 amide bonds. The van der Waals surface area contributed by atoms with Crippen molar-refractivity contribution in [2.75, 3.05) is 13.1 Å². The van der Waals surface area contributed by atoms with Crippen LogP contribution < -0.4 is 10.8 Å². The third-order valence-corrected chi connectivity index (χ3v) is 3.01. The lowest BCUT2D eigenvalue weighted by Gasteiger charge is -2.21. The Balaban J connectivity index is 1.86. The molecule has 2 atom stereocenters. The van der Waals surface area contributed by atoms with Crippen LogP contribution in [-0.4, -0.2) is 36.3 Å². The van der Waals surface area contributed by atoms with Crippen molar-refractivity contribution in [1.29, 1.82) is 0 Å².